The van der Waals surface area contributed by atoms with Gasteiger partial charge >= 0.3 is 0 Å². The van der Waals surface area contributed by atoms with E-state index in [1.807, 2.05) is 4.57 Å². The normalized spacial score (nSPS) is 21.8. The van der Waals surface area contributed by atoms with E-state index in [2.05, 4.69) is 15.0 Å². The maximum Gasteiger partial charge on any atom is 0.259 e. The number of aromatic nitrogens is 2. The number of fused-ring (bicyclic) bond motifs is 1. The smallest absolute Gasteiger partial charge is 0.259 e. The molecule has 3 heterocycles. The molecule has 2 aliphatic rings. The molecule has 6 nitrogen and oxygen atoms in total. The number of hydrogen-bond acceptors (Lipinski definition) is 4. The van der Waals surface area contributed by atoms with E-state index in [0.29, 0.717) is 12.5 Å². The summed E-state index contributed by atoms with van der Waals surface area (Å²) >= 11 is 0. The van der Waals surface area contributed by atoms with E-state index in [9.17, 15) is 8.42 Å². The van der Waals surface area contributed by atoms with Crippen LogP contribution in [0, 0.1) is 5.92 Å². The van der Waals surface area contributed by atoms with Gasteiger partial charge in [-0.05, 0) is 44.7 Å². The van der Waals surface area contributed by atoms with Gasteiger partial charge in [-0.1, -0.05) is 0 Å². The van der Waals surface area contributed by atoms with Gasteiger partial charge in [0.25, 0.3) is 10.0 Å². The highest BCUT2D eigenvalue weighted by molar-refractivity contribution is 7.89. The molecule has 0 saturated carbocycles. The van der Waals surface area contributed by atoms with Crippen LogP contribution in [0.2, 0.25) is 0 Å². The molecule has 2 N–H and O–H groups in total. The lowest BCUT2D eigenvalue weighted by Gasteiger charge is -2.11. The zero-order valence-electron chi connectivity index (χ0n) is 12.0. The number of aryl methyl sites for hydroxylation is 2. The van der Waals surface area contributed by atoms with Crippen LogP contribution in [0.4, 0.5) is 0 Å². The van der Waals surface area contributed by atoms with Crippen molar-refractivity contribution in [3.63, 3.8) is 0 Å². The van der Waals surface area contributed by atoms with Gasteiger partial charge in [0.1, 0.15) is 5.82 Å². The molecule has 0 spiro atoms. The molecule has 1 aromatic heterocycles. The van der Waals surface area contributed by atoms with Gasteiger partial charge in [-0.3, -0.25) is 0 Å². The quantitative estimate of drug-likeness (QED) is 0.839. The topological polar surface area (TPSA) is 76.0 Å². The van der Waals surface area contributed by atoms with Crippen molar-refractivity contribution in [3.05, 3.63) is 12.0 Å². The molecule has 120 valence electrons. The van der Waals surface area contributed by atoms with Crippen LogP contribution in [-0.2, 0) is 23.0 Å². The molecular weight excluding hydrogens is 312 g/mol. The standard InChI is InChI=1S/C13H22N4O2S.ClH/c18-20(19,15-7-5-11-4-6-14-9-11)13-10-17-8-2-1-3-12(17)16-13;/h10-11,14-15H,1-9H2;1H. The van der Waals surface area contributed by atoms with E-state index >= 15 is 0 Å². The second-order valence-electron chi connectivity index (χ2n) is 5.69. The van der Waals surface area contributed by atoms with Crippen molar-refractivity contribution in [3.8, 4) is 0 Å². The summed E-state index contributed by atoms with van der Waals surface area (Å²) in [6.45, 7) is 3.42. The van der Waals surface area contributed by atoms with Crippen LogP contribution in [-0.4, -0.2) is 37.6 Å². The van der Waals surface area contributed by atoms with Crippen LogP contribution in [0.1, 0.15) is 31.5 Å². The van der Waals surface area contributed by atoms with Gasteiger partial charge in [0.15, 0.2) is 5.03 Å². The van der Waals surface area contributed by atoms with Crippen LogP contribution >= 0.6 is 12.4 Å². The van der Waals surface area contributed by atoms with Gasteiger partial charge < -0.3 is 9.88 Å². The van der Waals surface area contributed by atoms with Crippen molar-refractivity contribution in [1.82, 2.24) is 19.6 Å². The third-order valence-corrected chi connectivity index (χ3v) is 5.50. The fourth-order valence-corrected chi connectivity index (χ4v) is 3.97. The summed E-state index contributed by atoms with van der Waals surface area (Å²) in [6.07, 6.45) is 6.78. The first-order chi connectivity index (χ1) is 9.65. The number of imidazole rings is 1. The molecule has 0 radical (unpaired) electrons. The highest BCUT2D eigenvalue weighted by atomic mass is 35.5. The zero-order valence-corrected chi connectivity index (χ0v) is 13.7. The lowest BCUT2D eigenvalue weighted by molar-refractivity contribution is 0.518. The molecule has 1 unspecified atom stereocenters. The van der Waals surface area contributed by atoms with E-state index in [1.54, 1.807) is 6.20 Å². The minimum Gasteiger partial charge on any atom is -0.333 e. The largest absolute Gasteiger partial charge is 0.333 e. The predicted octanol–water partition coefficient (Wildman–Crippen LogP) is 0.919. The Morgan fingerprint density at radius 2 is 2.29 bits per heavy atom. The monoisotopic (exact) mass is 334 g/mol. The second-order valence-corrected chi connectivity index (χ2v) is 7.40. The number of hydrogen-bond donors (Lipinski definition) is 2. The Hall–Kier alpha value is -0.630. The third-order valence-electron chi connectivity index (χ3n) is 4.17. The van der Waals surface area contributed by atoms with Gasteiger partial charge in [-0.25, -0.2) is 18.1 Å². The van der Waals surface area contributed by atoms with Crippen molar-refractivity contribution in [2.75, 3.05) is 19.6 Å². The summed E-state index contributed by atoms with van der Waals surface area (Å²) in [4.78, 5) is 4.27. The van der Waals surface area contributed by atoms with Crippen LogP contribution in [0.3, 0.4) is 0 Å². The fourth-order valence-electron chi connectivity index (χ4n) is 2.95. The molecular formula is C13H23ClN4O2S. The third kappa shape index (κ3) is 3.97. The van der Waals surface area contributed by atoms with E-state index in [-0.39, 0.29) is 17.4 Å². The first-order valence-electron chi connectivity index (χ1n) is 7.41. The van der Waals surface area contributed by atoms with Crippen molar-refractivity contribution >= 4 is 22.4 Å². The second kappa shape index (κ2) is 7.09. The summed E-state index contributed by atoms with van der Waals surface area (Å²) in [5, 5.41) is 3.47. The lowest BCUT2D eigenvalue weighted by Crippen LogP contribution is -2.27. The SMILES string of the molecule is Cl.O=S(=O)(NCCC1CCNC1)c1cn2c(n1)CCCC2. The first kappa shape index (κ1) is 16.7. The van der Waals surface area contributed by atoms with Crippen LogP contribution < -0.4 is 10.0 Å². The Morgan fingerprint density at radius 3 is 3.00 bits per heavy atom. The lowest BCUT2D eigenvalue weighted by atomic mass is 10.1. The van der Waals surface area contributed by atoms with Gasteiger partial charge in [0, 0.05) is 25.7 Å². The van der Waals surface area contributed by atoms with Crippen LogP contribution in [0.15, 0.2) is 11.2 Å². The summed E-state index contributed by atoms with van der Waals surface area (Å²) in [5.41, 5.74) is 0. The van der Waals surface area contributed by atoms with Crippen LogP contribution in [0.25, 0.3) is 0 Å². The Labute approximate surface area is 132 Å². The zero-order chi connectivity index (χ0) is 14.0. The van der Waals surface area contributed by atoms with Crippen molar-refractivity contribution in [1.29, 1.82) is 0 Å². The van der Waals surface area contributed by atoms with Crippen molar-refractivity contribution in [2.24, 2.45) is 5.92 Å². The molecule has 8 heteroatoms. The maximum absolute atomic E-state index is 12.2. The Bertz CT molecular complexity index is 543. The summed E-state index contributed by atoms with van der Waals surface area (Å²) in [6, 6.07) is 0. The van der Waals surface area contributed by atoms with Crippen LogP contribution in [0.5, 0.6) is 0 Å². The van der Waals surface area contributed by atoms with Gasteiger partial charge in [-0.2, -0.15) is 0 Å². The minimum absolute atomic E-state index is 0. The summed E-state index contributed by atoms with van der Waals surface area (Å²) < 4.78 is 29.1. The number of nitrogens with one attached hydrogen (secondary N) is 2. The number of halogens is 1. The Balaban J connectivity index is 0.00000161. The Kier molecular flexibility index (Phi) is 5.65. The average Bonchev–Trinajstić information content (AvgIpc) is 3.07. The maximum atomic E-state index is 12.2. The average molecular weight is 335 g/mol. The molecule has 0 amide bonds. The molecule has 1 aromatic rings. The van der Waals surface area contributed by atoms with Crippen molar-refractivity contribution in [2.45, 2.75) is 43.7 Å². The molecule has 0 bridgehead atoms. The van der Waals surface area contributed by atoms with E-state index in [0.717, 1.165) is 57.6 Å². The van der Waals surface area contributed by atoms with E-state index < -0.39 is 10.0 Å². The summed E-state index contributed by atoms with van der Waals surface area (Å²) in [5.74, 6) is 1.49. The number of nitrogens with zero attached hydrogens (tertiary/aromatic N) is 2. The van der Waals surface area contributed by atoms with Gasteiger partial charge in [0.05, 0.1) is 0 Å². The molecule has 2 aliphatic heterocycles. The highest BCUT2D eigenvalue weighted by Gasteiger charge is 2.22. The molecule has 3 rings (SSSR count). The first-order valence-corrected chi connectivity index (χ1v) is 8.90. The molecule has 1 fully saturated rings. The fraction of sp³-hybridized carbons (Fsp3) is 0.769. The van der Waals surface area contributed by atoms with Gasteiger partial charge in [-0.15, -0.1) is 12.4 Å². The molecule has 1 saturated heterocycles. The molecule has 1 atom stereocenters. The Morgan fingerprint density at radius 1 is 1.43 bits per heavy atom. The van der Waals surface area contributed by atoms with Gasteiger partial charge in [0.2, 0.25) is 0 Å². The van der Waals surface area contributed by atoms with E-state index in [1.165, 1.54) is 0 Å². The highest BCUT2D eigenvalue weighted by Crippen LogP contribution is 2.17. The van der Waals surface area contributed by atoms with Crippen molar-refractivity contribution < 1.29 is 8.42 Å². The molecule has 0 aromatic carbocycles. The molecule has 0 aliphatic carbocycles. The minimum atomic E-state index is -3.45. The number of sulfonamides is 1. The molecule has 21 heavy (non-hydrogen) atoms. The summed E-state index contributed by atoms with van der Waals surface area (Å²) in [7, 11) is -3.45. The van der Waals surface area contributed by atoms with E-state index in [4.69, 9.17) is 0 Å². The predicted molar refractivity (Wildman–Crippen MR) is 83.2 cm³/mol. The number of rotatable bonds is 5.